The maximum atomic E-state index is 9.99. The van der Waals surface area contributed by atoms with E-state index < -0.39 is 6.10 Å². The van der Waals surface area contributed by atoms with Crippen LogP contribution < -0.4 is 0 Å². The first kappa shape index (κ1) is 9.86. The van der Waals surface area contributed by atoms with Gasteiger partial charge in [-0.1, -0.05) is 6.07 Å². The molecule has 0 aromatic carbocycles. The number of hydrogen-bond donors (Lipinski definition) is 1. The van der Waals surface area contributed by atoms with E-state index in [1.807, 2.05) is 26.1 Å². The number of rotatable bonds is 2. The molecule has 0 aliphatic carbocycles. The first-order chi connectivity index (χ1) is 7.16. The van der Waals surface area contributed by atoms with E-state index in [0.29, 0.717) is 11.4 Å². The highest BCUT2D eigenvalue weighted by atomic mass is 16.3. The number of aliphatic hydroxyl groups is 1. The van der Waals surface area contributed by atoms with Crippen LogP contribution in [-0.2, 0) is 7.05 Å². The summed E-state index contributed by atoms with van der Waals surface area (Å²) in [5.74, 6) is 0. The molecule has 0 aliphatic heterocycles. The Bertz CT molecular complexity index is 464. The van der Waals surface area contributed by atoms with Crippen molar-refractivity contribution in [3.05, 3.63) is 47.5 Å². The van der Waals surface area contributed by atoms with E-state index in [2.05, 4.69) is 10.1 Å². The molecule has 2 rings (SSSR count). The molecule has 1 unspecified atom stereocenters. The van der Waals surface area contributed by atoms with Gasteiger partial charge < -0.3 is 5.11 Å². The molecule has 78 valence electrons. The van der Waals surface area contributed by atoms with Crippen LogP contribution in [-0.4, -0.2) is 19.9 Å². The lowest BCUT2D eigenvalue weighted by atomic mass is 10.1. The number of aliphatic hydroxyl groups excluding tert-OH is 1. The normalized spacial score (nSPS) is 12.7. The molecule has 2 aromatic heterocycles. The third-order valence-corrected chi connectivity index (χ3v) is 2.20. The first-order valence-electron chi connectivity index (χ1n) is 4.78. The molecular weight excluding hydrogens is 190 g/mol. The molecule has 2 heterocycles. The Balaban J connectivity index is 2.32. The lowest BCUT2D eigenvalue weighted by molar-refractivity contribution is 0.209. The van der Waals surface area contributed by atoms with Gasteiger partial charge in [-0.3, -0.25) is 9.67 Å². The largest absolute Gasteiger partial charge is 0.380 e. The van der Waals surface area contributed by atoms with E-state index in [1.165, 1.54) is 0 Å². The fraction of sp³-hybridized carbons (Fsp3) is 0.273. The Kier molecular flexibility index (Phi) is 2.51. The van der Waals surface area contributed by atoms with Gasteiger partial charge >= 0.3 is 0 Å². The van der Waals surface area contributed by atoms with E-state index >= 15 is 0 Å². The highest BCUT2D eigenvalue weighted by Gasteiger charge is 2.14. The predicted molar refractivity (Wildman–Crippen MR) is 56.2 cm³/mol. The minimum absolute atomic E-state index is 0.621. The van der Waals surface area contributed by atoms with Crippen molar-refractivity contribution in [2.75, 3.05) is 0 Å². The lowest BCUT2D eigenvalue weighted by Crippen LogP contribution is -2.04. The van der Waals surface area contributed by atoms with Crippen LogP contribution in [0.4, 0.5) is 0 Å². The molecule has 4 nitrogen and oxygen atoms in total. The minimum Gasteiger partial charge on any atom is -0.380 e. The fourth-order valence-electron chi connectivity index (χ4n) is 1.45. The summed E-state index contributed by atoms with van der Waals surface area (Å²) >= 11 is 0. The zero-order valence-corrected chi connectivity index (χ0v) is 8.75. The SMILES string of the molecule is Cc1cccc(C(O)c2ccn(C)n2)n1. The smallest absolute Gasteiger partial charge is 0.140 e. The number of aromatic nitrogens is 3. The summed E-state index contributed by atoms with van der Waals surface area (Å²) in [5.41, 5.74) is 2.15. The van der Waals surface area contributed by atoms with Crippen LogP contribution in [0, 0.1) is 6.92 Å². The number of nitrogens with zero attached hydrogens (tertiary/aromatic N) is 3. The van der Waals surface area contributed by atoms with Gasteiger partial charge in [0, 0.05) is 18.9 Å². The van der Waals surface area contributed by atoms with Crippen LogP contribution in [0.15, 0.2) is 30.5 Å². The van der Waals surface area contributed by atoms with E-state index in [0.717, 1.165) is 5.69 Å². The van der Waals surface area contributed by atoms with Crippen molar-refractivity contribution in [2.45, 2.75) is 13.0 Å². The first-order valence-corrected chi connectivity index (χ1v) is 4.78. The second kappa shape index (κ2) is 3.82. The standard InChI is InChI=1S/C11H13N3O/c1-8-4-3-5-9(12-8)11(15)10-6-7-14(2)13-10/h3-7,11,15H,1-2H3. The van der Waals surface area contributed by atoms with Crippen LogP contribution in [0.2, 0.25) is 0 Å². The summed E-state index contributed by atoms with van der Waals surface area (Å²) in [6.07, 6.45) is 1.06. The van der Waals surface area contributed by atoms with Crippen molar-refractivity contribution in [3.63, 3.8) is 0 Å². The highest BCUT2D eigenvalue weighted by Crippen LogP contribution is 2.17. The van der Waals surface area contributed by atoms with E-state index in [1.54, 1.807) is 23.0 Å². The average molecular weight is 203 g/mol. The third kappa shape index (κ3) is 2.05. The summed E-state index contributed by atoms with van der Waals surface area (Å²) in [4.78, 5) is 4.26. The number of aryl methyl sites for hydroxylation is 2. The van der Waals surface area contributed by atoms with E-state index in [-0.39, 0.29) is 0 Å². The average Bonchev–Trinajstić information content (AvgIpc) is 2.64. The molecule has 1 N–H and O–H groups in total. The fourth-order valence-corrected chi connectivity index (χ4v) is 1.45. The molecule has 2 aromatic rings. The van der Waals surface area contributed by atoms with Gasteiger partial charge in [-0.15, -0.1) is 0 Å². The van der Waals surface area contributed by atoms with Gasteiger partial charge in [0.25, 0.3) is 0 Å². The summed E-state index contributed by atoms with van der Waals surface area (Å²) in [5, 5.41) is 14.1. The van der Waals surface area contributed by atoms with Crippen molar-refractivity contribution < 1.29 is 5.11 Å². The highest BCUT2D eigenvalue weighted by molar-refractivity contribution is 5.20. The van der Waals surface area contributed by atoms with Gasteiger partial charge in [-0.25, -0.2) is 0 Å². The minimum atomic E-state index is -0.744. The van der Waals surface area contributed by atoms with Crippen molar-refractivity contribution in [1.29, 1.82) is 0 Å². The molecule has 4 heteroatoms. The number of hydrogen-bond acceptors (Lipinski definition) is 3. The molecule has 0 amide bonds. The van der Waals surface area contributed by atoms with Crippen LogP contribution in [0.3, 0.4) is 0 Å². The molecule has 0 fully saturated rings. The molecule has 0 bridgehead atoms. The van der Waals surface area contributed by atoms with Gasteiger partial charge in [0.1, 0.15) is 6.10 Å². The van der Waals surface area contributed by atoms with E-state index in [9.17, 15) is 5.11 Å². The molecule has 0 saturated carbocycles. The van der Waals surface area contributed by atoms with Crippen molar-refractivity contribution in [1.82, 2.24) is 14.8 Å². The Labute approximate surface area is 88.2 Å². The second-order valence-electron chi connectivity index (χ2n) is 3.52. The van der Waals surface area contributed by atoms with Crippen molar-refractivity contribution in [2.24, 2.45) is 7.05 Å². The molecule has 0 spiro atoms. The summed E-state index contributed by atoms with van der Waals surface area (Å²) < 4.78 is 1.66. The maximum Gasteiger partial charge on any atom is 0.140 e. The van der Waals surface area contributed by atoms with Gasteiger partial charge in [0.2, 0.25) is 0 Å². The quantitative estimate of drug-likeness (QED) is 0.798. The second-order valence-corrected chi connectivity index (χ2v) is 3.52. The van der Waals surface area contributed by atoms with Gasteiger partial charge in [-0.2, -0.15) is 5.10 Å². The topological polar surface area (TPSA) is 50.9 Å². The molecule has 1 atom stereocenters. The van der Waals surface area contributed by atoms with Crippen LogP contribution in [0.5, 0.6) is 0 Å². The van der Waals surface area contributed by atoms with Crippen LogP contribution in [0.1, 0.15) is 23.2 Å². The van der Waals surface area contributed by atoms with Gasteiger partial charge in [0.05, 0.1) is 11.4 Å². The third-order valence-electron chi connectivity index (χ3n) is 2.20. The Morgan fingerprint density at radius 2 is 2.07 bits per heavy atom. The Morgan fingerprint density at radius 1 is 1.27 bits per heavy atom. The molecular formula is C11H13N3O. The molecule has 0 saturated heterocycles. The molecule has 0 aliphatic rings. The number of pyridine rings is 1. The van der Waals surface area contributed by atoms with E-state index in [4.69, 9.17) is 0 Å². The van der Waals surface area contributed by atoms with Crippen molar-refractivity contribution >= 4 is 0 Å². The maximum absolute atomic E-state index is 9.99. The van der Waals surface area contributed by atoms with Crippen molar-refractivity contribution in [3.8, 4) is 0 Å². The molecule has 0 radical (unpaired) electrons. The van der Waals surface area contributed by atoms with Gasteiger partial charge in [0.15, 0.2) is 0 Å². The Hall–Kier alpha value is -1.68. The molecule has 15 heavy (non-hydrogen) atoms. The monoisotopic (exact) mass is 203 g/mol. The van der Waals surface area contributed by atoms with Crippen LogP contribution in [0.25, 0.3) is 0 Å². The lowest BCUT2D eigenvalue weighted by Gasteiger charge is -2.07. The van der Waals surface area contributed by atoms with Crippen LogP contribution >= 0.6 is 0 Å². The van der Waals surface area contributed by atoms with Gasteiger partial charge in [-0.05, 0) is 25.1 Å². The summed E-state index contributed by atoms with van der Waals surface area (Å²) in [6.45, 7) is 1.90. The Morgan fingerprint density at radius 3 is 2.67 bits per heavy atom. The summed E-state index contributed by atoms with van der Waals surface area (Å²) in [7, 11) is 1.82. The zero-order valence-electron chi connectivity index (χ0n) is 8.75. The zero-order chi connectivity index (χ0) is 10.8. The summed E-state index contributed by atoms with van der Waals surface area (Å²) in [6, 6.07) is 7.36. The predicted octanol–water partition coefficient (Wildman–Crippen LogP) is 1.21.